The van der Waals surface area contributed by atoms with Crippen molar-refractivity contribution in [1.29, 1.82) is 0 Å². The van der Waals surface area contributed by atoms with Gasteiger partial charge in [0.2, 0.25) is 0 Å². The Labute approximate surface area is 97.2 Å². The van der Waals surface area contributed by atoms with E-state index in [1.165, 1.54) is 6.42 Å². The molecule has 0 saturated heterocycles. The summed E-state index contributed by atoms with van der Waals surface area (Å²) < 4.78 is 5.65. The molecule has 0 bridgehead atoms. The van der Waals surface area contributed by atoms with Crippen molar-refractivity contribution in [3.8, 4) is 0 Å². The SMILES string of the molecule is CCC1CCCC(OC(CCN)C(=O)O)C1. The second-order valence-corrected chi connectivity index (χ2v) is 4.60. The Morgan fingerprint density at radius 3 is 2.88 bits per heavy atom. The molecule has 0 heterocycles. The average molecular weight is 229 g/mol. The van der Waals surface area contributed by atoms with Crippen LogP contribution in [-0.4, -0.2) is 29.8 Å². The zero-order valence-corrected chi connectivity index (χ0v) is 10.0. The Bertz CT molecular complexity index is 220. The first-order valence-electron chi connectivity index (χ1n) is 6.25. The Balaban J connectivity index is 2.41. The fourth-order valence-corrected chi connectivity index (χ4v) is 2.37. The second-order valence-electron chi connectivity index (χ2n) is 4.60. The van der Waals surface area contributed by atoms with E-state index in [1.807, 2.05) is 0 Å². The number of carbonyl (C=O) groups is 1. The van der Waals surface area contributed by atoms with Gasteiger partial charge < -0.3 is 15.6 Å². The molecule has 94 valence electrons. The number of carboxylic acids is 1. The summed E-state index contributed by atoms with van der Waals surface area (Å²) >= 11 is 0. The summed E-state index contributed by atoms with van der Waals surface area (Å²) in [5.41, 5.74) is 5.38. The van der Waals surface area contributed by atoms with E-state index in [0.717, 1.165) is 25.7 Å². The molecule has 3 atom stereocenters. The molecule has 1 fully saturated rings. The van der Waals surface area contributed by atoms with Crippen LogP contribution in [0, 0.1) is 5.92 Å². The fourth-order valence-electron chi connectivity index (χ4n) is 2.37. The minimum absolute atomic E-state index is 0.117. The molecular formula is C12H23NO3. The zero-order valence-electron chi connectivity index (χ0n) is 10.0. The lowest BCUT2D eigenvalue weighted by Gasteiger charge is -2.30. The number of ether oxygens (including phenoxy) is 1. The topological polar surface area (TPSA) is 72.5 Å². The Hall–Kier alpha value is -0.610. The van der Waals surface area contributed by atoms with Crippen molar-refractivity contribution in [2.75, 3.05) is 6.54 Å². The fraction of sp³-hybridized carbons (Fsp3) is 0.917. The van der Waals surface area contributed by atoms with Crippen LogP contribution in [0.3, 0.4) is 0 Å². The lowest BCUT2D eigenvalue weighted by atomic mass is 9.85. The summed E-state index contributed by atoms with van der Waals surface area (Å²) in [6.45, 7) is 2.54. The minimum atomic E-state index is -0.885. The average Bonchev–Trinajstić information content (AvgIpc) is 2.28. The Morgan fingerprint density at radius 1 is 1.56 bits per heavy atom. The van der Waals surface area contributed by atoms with Crippen molar-refractivity contribution >= 4 is 5.97 Å². The molecular weight excluding hydrogens is 206 g/mol. The van der Waals surface area contributed by atoms with Crippen molar-refractivity contribution in [3.05, 3.63) is 0 Å². The molecule has 1 rings (SSSR count). The first-order valence-corrected chi connectivity index (χ1v) is 6.25. The Kier molecular flexibility index (Phi) is 5.77. The molecule has 0 amide bonds. The van der Waals surface area contributed by atoms with Crippen LogP contribution in [0.2, 0.25) is 0 Å². The summed E-state index contributed by atoms with van der Waals surface area (Å²) in [5.74, 6) is -0.185. The molecule has 0 radical (unpaired) electrons. The van der Waals surface area contributed by atoms with Crippen LogP contribution >= 0.6 is 0 Å². The van der Waals surface area contributed by atoms with Gasteiger partial charge in [-0.25, -0.2) is 4.79 Å². The lowest BCUT2D eigenvalue weighted by Crippen LogP contribution is -2.33. The van der Waals surface area contributed by atoms with Crippen LogP contribution in [0.5, 0.6) is 0 Å². The second kappa shape index (κ2) is 6.86. The van der Waals surface area contributed by atoms with Gasteiger partial charge in [0.15, 0.2) is 6.10 Å². The summed E-state index contributed by atoms with van der Waals surface area (Å²) in [7, 11) is 0. The number of carboxylic acid groups (broad SMARTS) is 1. The van der Waals surface area contributed by atoms with E-state index in [9.17, 15) is 4.79 Å². The molecule has 3 unspecified atom stereocenters. The zero-order chi connectivity index (χ0) is 12.0. The normalized spacial score (nSPS) is 27.6. The van der Waals surface area contributed by atoms with Crippen molar-refractivity contribution in [3.63, 3.8) is 0 Å². The van der Waals surface area contributed by atoms with E-state index >= 15 is 0 Å². The van der Waals surface area contributed by atoms with Crippen LogP contribution < -0.4 is 5.73 Å². The highest BCUT2D eigenvalue weighted by molar-refractivity contribution is 5.72. The third kappa shape index (κ3) is 4.10. The van der Waals surface area contributed by atoms with Crippen molar-refractivity contribution < 1.29 is 14.6 Å². The number of rotatable bonds is 6. The predicted molar refractivity (Wildman–Crippen MR) is 62.2 cm³/mol. The minimum Gasteiger partial charge on any atom is -0.479 e. The number of hydrogen-bond acceptors (Lipinski definition) is 3. The quantitative estimate of drug-likeness (QED) is 0.728. The maximum absolute atomic E-state index is 10.9. The van der Waals surface area contributed by atoms with Crippen LogP contribution in [0.4, 0.5) is 0 Å². The van der Waals surface area contributed by atoms with Gasteiger partial charge in [-0.2, -0.15) is 0 Å². The number of aliphatic carboxylic acids is 1. The molecule has 0 aromatic carbocycles. The first-order chi connectivity index (χ1) is 7.67. The van der Waals surface area contributed by atoms with Crippen molar-refractivity contribution in [2.45, 2.75) is 57.7 Å². The van der Waals surface area contributed by atoms with E-state index in [1.54, 1.807) is 0 Å². The molecule has 0 aromatic rings. The highest BCUT2D eigenvalue weighted by atomic mass is 16.5. The van der Waals surface area contributed by atoms with Crippen LogP contribution in [0.25, 0.3) is 0 Å². The maximum atomic E-state index is 10.9. The van der Waals surface area contributed by atoms with Crippen molar-refractivity contribution in [1.82, 2.24) is 0 Å². The van der Waals surface area contributed by atoms with Gasteiger partial charge in [-0.05, 0) is 31.7 Å². The summed E-state index contributed by atoms with van der Waals surface area (Å²) in [6, 6.07) is 0. The van der Waals surface area contributed by atoms with E-state index in [2.05, 4.69) is 6.92 Å². The molecule has 4 nitrogen and oxygen atoms in total. The van der Waals surface area contributed by atoms with Crippen LogP contribution in [0.1, 0.15) is 45.4 Å². The summed E-state index contributed by atoms with van der Waals surface area (Å²) in [4.78, 5) is 10.9. The van der Waals surface area contributed by atoms with E-state index in [-0.39, 0.29) is 6.10 Å². The molecule has 16 heavy (non-hydrogen) atoms. The number of hydrogen-bond donors (Lipinski definition) is 2. The van der Waals surface area contributed by atoms with E-state index in [4.69, 9.17) is 15.6 Å². The van der Waals surface area contributed by atoms with Gasteiger partial charge in [0.05, 0.1) is 6.10 Å². The third-order valence-corrected chi connectivity index (χ3v) is 3.37. The summed E-state index contributed by atoms with van der Waals surface area (Å²) in [6.07, 6.45) is 5.37. The first kappa shape index (κ1) is 13.5. The van der Waals surface area contributed by atoms with Gasteiger partial charge in [-0.15, -0.1) is 0 Å². The largest absolute Gasteiger partial charge is 0.479 e. The Morgan fingerprint density at radius 2 is 2.31 bits per heavy atom. The monoisotopic (exact) mass is 229 g/mol. The van der Waals surface area contributed by atoms with Crippen molar-refractivity contribution in [2.24, 2.45) is 11.7 Å². The molecule has 1 saturated carbocycles. The molecule has 1 aliphatic rings. The third-order valence-electron chi connectivity index (χ3n) is 3.37. The van der Waals surface area contributed by atoms with E-state index < -0.39 is 12.1 Å². The molecule has 1 aliphatic carbocycles. The molecule has 0 spiro atoms. The predicted octanol–water partition coefficient (Wildman–Crippen LogP) is 1.77. The molecule has 0 aromatic heterocycles. The molecule has 0 aliphatic heterocycles. The molecule has 3 N–H and O–H groups in total. The van der Waals surface area contributed by atoms with Gasteiger partial charge in [-0.1, -0.05) is 26.2 Å². The van der Waals surface area contributed by atoms with Gasteiger partial charge in [-0.3, -0.25) is 0 Å². The standard InChI is InChI=1S/C12H23NO3/c1-2-9-4-3-5-10(8-9)16-11(6-7-13)12(14)15/h9-11H,2-8,13H2,1H3,(H,14,15). The van der Waals surface area contributed by atoms with Crippen LogP contribution in [0.15, 0.2) is 0 Å². The number of nitrogens with two attached hydrogens (primary N) is 1. The molecule has 4 heteroatoms. The maximum Gasteiger partial charge on any atom is 0.332 e. The summed E-state index contributed by atoms with van der Waals surface area (Å²) in [5, 5.41) is 8.98. The van der Waals surface area contributed by atoms with Gasteiger partial charge in [0, 0.05) is 0 Å². The van der Waals surface area contributed by atoms with E-state index in [0.29, 0.717) is 18.9 Å². The van der Waals surface area contributed by atoms with Crippen LogP contribution in [-0.2, 0) is 9.53 Å². The van der Waals surface area contributed by atoms with Gasteiger partial charge in [0.25, 0.3) is 0 Å². The lowest BCUT2D eigenvalue weighted by molar-refractivity contribution is -0.156. The van der Waals surface area contributed by atoms with Gasteiger partial charge in [0.1, 0.15) is 0 Å². The smallest absolute Gasteiger partial charge is 0.332 e. The highest BCUT2D eigenvalue weighted by Crippen LogP contribution is 2.29. The van der Waals surface area contributed by atoms with Gasteiger partial charge >= 0.3 is 5.97 Å². The highest BCUT2D eigenvalue weighted by Gasteiger charge is 2.26.